The molecule has 5 rings (SSSR count). The average Bonchev–Trinajstić information content (AvgIpc) is 3.52. The van der Waals surface area contributed by atoms with Gasteiger partial charge in [-0.05, 0) is 79.5 Å². The molecule has 0 saturated carbocycles. The van der Waals surface area contributed by atoms with E-state index in [1.54, 1.807) is 0 Å². The molecule has 1 aromatic heterocycles. The molecule has 0 aliphatic carbocycles. The number of carbonyl (C=O) groups is 3. The SMILES string of the molecule is CCN(CC)CCNC(=O)c1c(C)[nH]c(/C=C2\C(=O)Nc3ccc(-c4ccc5c(c4)CC(=O)N5)cc32)c1C. The van der Waals surface area contributed by atoms with Crippen LogP contribution in [0.25, 0.3) is 22.8 Å². The van der Waals surface area contributed by atoms with E-state index in [0.717, 1.165) is 70.2 Å². The number of hydrogen-bond donors (Lipinski definition) is 4. The fourth-order valence-corrected chi connectivity index (χ4v) is 5.28. The maximum Gasteiger partial charge on any atom is 0.256 e. The van der Waals surface area contributed by atoms with E-state index in [2.05, 4.69) is 39.7 Å². The number of benzene rings is 2. The zero-order chi connectivity index (χ0) is 27.0. The molecule has 38 heavy (non-hydrogen) atoms. The van der Waals surface area contributed by atoms with Gasteiger partial charge in [-0.2, -0.15) is 0 Å². The van der Waals surface area contributed by atoms with Crippen LogP contribution in [0, 0.1) is 13.8 Å². The van der Waals surface area contributed by atoms with Gasteiger partial charge in [-0.1, -0.05) is 26.0 Å². The van der Waals surface area contributed by atoms with Crippen LogP contribution in [0.15, 0.2) is 36.4 Å². The van der Waals surface area contributed by atoms with Crippen LogP contribution in [-0.4, -0.2) is 53.8 Å². The van der Waals surface area contributed by atoms with Crippen molar-refractivity contribution in [3.8, 4) is 11.1 Å². The molecule has 0 fully saturated rings. The standard InChI is InChI=1S/C30H33N5O3/c1-5-35(6-2)12-11-31-30(38)28-17(3)26(32-18(28)4)16-23-22-14-20(8-10-25(22)34-29(23)37)19-7-9-24-21(13-19)15-27(36)33-24/h7-10,13-14,16,32H,5-6,11-12,15H2,1-4H3,(H,31,38)(H,33,36)(H,34,37)/b23-16-. The van der Waals surface area contributed by atoms with Crippen LogP contribution >= 0.6 is 0 Å². The summed E-state index contributed by atoms with van der Waals surface area (Å²) in [5.41, 5.74) is 8.79. The lowest BCUT2D eigenvalue weighted by atomic mass is 9.97. The summed E-state index contributed by atoms with van der Waals surface area (Å²) >= 11 is 0. The van der Waals surface area contributed by atoms with Crippen molar-refractivity contribution in [3.05, 3.63) is 70.0 Å². The summed E-state index contributed by atoms with van der Waals surface area (Å²) in [5, 5.41) is 8.84. The minimum atomic E-state index is -0.183. The molecule has 8 heteroatoms. The summed E-state index contributed by atoms with van der Waals surface area (Å²) in [7, 11) is 0. The predicted octanol–water partition coefficient (Wildman–Crippen LogP) is 4.36. The van der Waals surface area contributed by atoms with Crippen LogP contribution in [0.3, 0.4) is 0 Å². The topological polar surface area (TPSA) is 106 Å². The molecule has 3 amide bonds. The minimum absolute atomic E-state index is 0.000303. The first-order valence-corrected chi connectivity index (χ1v) is 13.1. The van der Waals surface area contributed by atoms with Gasteiger partial charge in [0.1, 0.15) is 0 Å². The number of amides is 3. The van der Waals surface area contributed by atoms with E-state index in [9.17, 15) is 14.4 Å². The molecule has 2 aliphatic heterocycles. The number of aromatic nitrogens is 1. The van der Waals surface area contributed by atoms with Crippen molar-refractivity contribution in [2.24, 2.45) is 0 Å². The third kappa shape index (κ3) is 4.75. The van der Waals surface area contributed by atoms with Crippen molar-refractivity contribution in [1.82, 2.24) is 15.2 Å². The lowest BCUT2D eigenvalue weighted by Crippen LogP contribution is -2.35. The molecule has 0 unspecified atom stereocenters. The maximum atomic E-state index is 13.0. The predicted molar refractivity (Wildman–Crippen MR) is 151 cm³/mol. The van der Waals surface area contributed by atoms with Crippen molar-refractivity contribution < 1.29 is 14.4 Å². The zero-order valence-electron chi connectivity index (χ0n) is 22.2. The number of fused-ring (bicyclic) bond motifs is 2. The normalized spacial score (nSPS) is 15.0. The van der Waals surface area contributed by atoms with E-state index in [0.29, 0.717) is 24.1 Å². The van der Waals surface area contributed by atoms with Crippen LogP contribution in [0.2, 0.25) is 0 Å². The number of rotatable bonds is 8. The second-order valence-corrected chi connectivity index (χ2v) is 9.82. The van der Waals surface area contributed by atoms with Gasteiger partial charge in [-0.25, -0.2) is 0 Å². The van der Waals surface area contributed by atoms with Crippen LogP contribution in [0.4, 0.5) is 11.4 Å². The molecular weight excluding hydrogens is 478 g/mol. The fraction of sp³-hybridized carbons (Fsp3) is 0.300. The van der Waals surface area contributed by atoms with Crippen LogP contribution in [0.1, 0.15) is 52.3 Å². The molecule has 0 spiro atoms. The number of aromatic amines is 1. The number of anilines is 2. The molecule has 2 aromatic carbocycles. The first-order valence-electron chi connectivity index (χ1n) is 13.1. The van der Waals surface area contributed by atoms with Gasteiger partial charge in [-0.3, -0.25) is 14.4 Å². The van der Waals surface area contributed by atoms with Crippen LogP contribution in [0.5, 0.6) is 0 Å². The summed E-state index contributed by atoms with van der Waals surface area (Å²) in [6.07, 6.45) is 2.20. The van der Waals surface area contributed by atoms with Crippen LogP contribution < -0.4 is 16.0 Å². The Hall–Kier alpha value is -4.17. The smallest absolute Gasteiger partial charge is 0.256 e. The van der Waals surface area contributed by atoms with Crippen molar-refractivity contribution in [1.29, 1.82) is 0 Å². The second kappa shape index (κ2) is 10.3. The Kier molecular flexibility index (Phi) is 6.91. The third-order valence-electron chi connectivity index (χ3n) is 7.47. The van der Waals surface area contributed by atoms with E-state index in [-0.39, 0.29) is 17.7 Å². The minimum Gasteiger partial charge on any atom is -0.358 e. The largest absolute Gasteiger partial charge is 0.358 e. The summed E-state index contributed by atoms with van der Waals surface area (Å²) in [6, 6.07) is 11.8. The van der Waals surface area contributed by atoms with E-state index in [1.807, 2.05) is 56.3 Å². The number of nitrogens with one attached hydrogen (secondary N) is 4. The molecule has 0 bridgehead atoms. The maximum absolute atomic E-state index is 13.0. The number of nitrogens with zero attached hydrogens (tertiary/aromatic N) is 1. The van der Waals surface area contributed by atoms with Crippen LogP contribution in [-0.2, 0) is 16.0 Å². The molecule has 0 radical (unpaired) electrons. The quantitative estimate of drug-likeness (QED) is 0.337. The molecular formula is C30H33N5O3. The summed E-state index contributed by atoms with van der Waals surface area (Å²) < 4.78 is 0. The lowest BCUT2D eigenvalue weighted by molar-refractivity contribution is -0.115. The highest BCUT2D eigenvalue weighted by Crippen LogP contribution is 2.38. The van der Waals surface area contributed by atoms with Gasteiger partial charge < -0.3 is 25.8 Å². The zero-order valence-corrected chi connectivity index (χ0v) is 22.2. The first kappa shape index (κ1) is 25.5. The van der Waals surface area contributed by atoms with E-state index in [4.69, 9.17) is 0 Å². The number of hydrogen-bond acceptors (Lipinski definition) is 4. The molecule has 0 atom stereocenters. The van der Waals surface area contributed by atoms with E-state index < -0.39 is 0 Å². The third-order valence-corrected chi connectivity index (χ3v) is 7.47. The fourth-order valence-electron chi connectivity index (χ4n) is 5.28. The monoisotopic (exact) mass is 511 g/mol. The molecule has 3 aromatic rings. The molecule has 4 N–H and O–H groups in total. The van der Waals surface area contributed by atoms with Crippen molar-refractivity contribution in [2.75, 3.05) is 36.8 Å². The van der Waals surface area contributed by atoms with Gasteiger partial charge >= 0.3 is 0 Å². The van der Waals surface area contributed by atoms with Gasteiger partial charge in [0, 0.05) is 41.4 Å². The number of H-pyrrole nitrogens is 1. The second-order valence-electron chi connectivity index (χ2n) is 9.82. The lowest BCUT2D eigenvalue weighted by Gasteiger charge is -2.18. The molecule has 3 heterocycles. The first-order chi connectivity index (χ1) is 18.3. The molecule has 8 nitrogen and oxygen atoms in total. The molecule has 2 aliphatic rings. The van der Waals surface area contributed by atoms with Gasteiger partial charge in [0.15, 0.2) is 0 Å². The van der Waals surface area contributed by atoms with Crippen molar-refractivity contribution in [3.63, 3.8) is 0 Å². The highest BCUT2D eigenvalue weighted by atomic mass is 16.2. The Morgan fingerprint density at radius 2 is 1.71 bits per heavy atom. The highest BCUT2D eigenvalue weighted by Gasteiger charge is 2.26. The molecule has 196 valence electrons. The summed E-state index contributed by atoms with van der Waals surface area (Å²) in [4.78, 5) is 43.3. The Morgan fingerprint density at radius 3 is 2.45 bits per heavy atom. The summed E-state index contributed by atoms with van der Waals surface area (Å²) in [5.74, 6) is -0.298. The van der Waals surface area contributed by atoms with Gasteiger partial charge in [0.05, 0.1) is 17.6 Å². The Balaban J connectivity index is 1.42. The van der Waals surface area contributed by atoms with Crippen molar-refractivity contribution in [2.45, 2.75) is 34.1 Å². The number of likely N-dealkylation sites (N-methyl/N-ethyl adjacent to an activating group) is 1. The highest BCUT2D eigenvalue weighted by molar-refractivity contribution is 6.35. The van der Waals surface area contributed by atoms with Gasteiger partial charge in [0.2, 0.25) is 5.91 Å². The van der Waals surface area contributed by atoms with Gasteiger partial charge in [0.25, 0.3) is 11.8 Å². The molecule has 0 saturated heterocycles. The van der Waals surface area contributed by atoms with Crippen molar-refractivity contribution >= 4 is 40.7 Å². The Morgan fingerprint density at radius 1 is 1.00 bits per heavy atom. The van der Waals surface area contributed by atoms with E-state index >= 15 is 0 Å². The number of carbonyl (C=O) groups excluding carboxylic acids is 3. The number of aryl methyl sites for hydroxylation is 1. The Labute approximate surface area is 222 Å². The van der Waals surface area contributed by atoms with Gasteiger partial charge in [-0.15, -0.1) is 0 Å². The average molecular weight is 512 g/mol. The van der Waals surface area contributed by atoms with E-state index in [1.165, 1.54) is 0 Å². The Bertz CT molecular complexity index is 1480. The summed E-state index contributed by atoms with van der Waals surface area (Å²) in [6.45, 7) is 11.3.